The molecular weight excluding hydrogens is 340 g/mol. The van der Waals surface area contributed by atoms with Crippen LogP contribution in [0.25, 0.3) is 0 Å². The van der Waals surface area contributed by atoms with Gasteiger partial charge in [0, 0.05) is 13.6 Å². The molecule has 0 radical (unpaired) electrons. The highest BCUT2D eigenvalue weighted by Gasteiger charge is 2.36. The van der Waals surface area contributed by atoms with Gasteiger partial charge in [-0.3, -0.25) is 0 Å². The van der Waals surface area contributed by atoms with Gasteiger partial charge in [-0.1, -0.05) is 0 Å². The van der Waals surface area contributed by atoms with Crippen LogP contribution in [0.4, 0.5) is 9.59 Å². The van der Waals surface area contributed by atoms with E-state index in [1.807, 2.05) is 6.92 Å². The van der Waals surface area contributed by atoms with E-state index in [4.69, 9.17) is 9.47 Å². The van der Waals surface area contributed by atoms with Crippen LogP contribution in [0.1, 0.15) is 51.9 Å². The van der Waals surface area contributed by atoms with Gasteiger partial charge in [-0.05, 0) is 63.7 Å². The number of rotatable bonds is 5. The Morgan fingerprint density at radius 1 is 0.923 bits per heavy atom. The molecule has 0 heterocycles. The predicted octanol–water partition coefficient (Wildman–Crippen LogP) is 1.54. The van der Waals surface area contributed by atoms with Crippen molar-refractivity contribution in [2.45, 2.75) is 76.3 Å². The van der Waals surface area contributed by atoms with Crippen LogP contribution in [0.2, 0.25) is 0 Å². The Morgan fingerprint density at radius 3 is 1.88 bits per heavy atom. The number of amides is 2. The Bertz CT molecular complexity index is 475. The van der Waals surface area contributed by atoms with Crippen molar-refractivity contribution in [1.29, 1.82) is 0 Å². The molecule has 150 valence electrons. The smallest absolute Gasteiger partial charge is 0.407 e. The second-order valence-corrected chi connectivity index (χ2v) is 7.40. The van der Waals surface area contributed by atoms with Crippen LogP contribution in [0.15, 0.2) is 0 Å². The minimum Gasteiger partial charge on any atom is -0.443 e. The lowest BCUT2D eigenvalue weighted by molar-refractivity contribution is -0.0520. The number of hydrogen-bond donors (Lipinski definition) is 4. The third-order valence-corrected chi connectivity index (χ3v) is 5.44. The topological polar surface area (TPSA) is 117 Å². The van der Waals surface area contributed by atoms with Crippen LogP contribution >= 0.6 is 0 Å². The summed E-state index contributed by atoms with van der Waals surface area (Å²) in [4.78, 5) is 23.1. The molecule has 0 aromatic heterocycles. The molecule has 2 rings (SSSR count). The summed E-state index contributed by atoms with van der Waals surface area (Å²) >= 11 is 0. The lowest BCUT2D eigenvalue weighted by atomic mass is 9.75. The number of carbonyl (C=O) groups is 2. The summed E-state index contributed by atoms with van der Waals surface area (Å²) in [6.45, 7) is 2.30. The minimum atomic E-state index is -0.620. The number of aliphatic hydroxyl groups is 2. The Hall–Kier alpha value is -1.54. The van der Waals surface area contributed by atoms with Gasteiger partial charge >= 0.3 is 12.2 Å². The summed E-state index contributed by atoms with van der Waals surface area (Å²) in [6, 6.07) is 0. The number of alkyl carbamates (subject to hydrolysis) is 2. The van der Waals surface area contributed by atoms with E-state index in [1.165, 1.54) is 7.05 Å². The van der Waals surface area contributed by atoms with Gasteiger partial charge in [0.2, 0.25) is 0 Å². The first-order valence-corrected chi connectivity index (χ1v) is 9.61. The van der Waals surface area contributed by atoms with E-state index in [9.17, 15) is 19.8 Å². The van der Waals surface area contributed by atoms with Crippen LogP contribution in [0.5, 0.6) is 0 Å². The molecule has 4 N–H and O–H groups in total. The van der Waals surface area contributed by atoms with Gasteiger partial charge in [0.15, 0.2) is 0 Å². The minimum absolute atomic E-state index is 0.346. The lowest BCUT2D eigenvalue weighted by Crippen LogP contribution is -2.42. The highest BCUT2D eigenvalue weighted by atomic mass is 16.6. The average molecular weight is 372 g/mol. The van der Waals surface area contributed by atoms with Gasteiger partial charge in [-0.2, -0.15) is 0 Å². The molecule has 2 amide bonds. The SMILES string of the molecule is CCNC(=O)OC1CC(CC2CCC(O)C(OC(=O)NC)C2)CCC1O. The molecule has 6 atom stereocenters. The highest BCUT2D eigenvalue weighted by molar-refractivity contribution is 5.67. The molecule has 0 aliphatic heterocycles. The zero-order valence-electron chi connectivity index (χ0n) is 15.6. The van der Waals surface area contributed by atoms with E-state index in [0.29, 0.717) is 44.1 Å². The van der Waals surface area contributed by atoms with E-state index < -0.39 is 36.6 Å². The van der Waals surface area contributed by atoms with Crippen LogP contribution in [0, 0.1) is 11.8 Å². The van der Waals surface area contributed by atoms with E-state index in [-0.39, 0.29) is 0 Å². The second-order valence-electron chi connectivity index (χ2n) is 7.40. The average Bonchev–Trinajstić information content (AvgIpc) is 2.61. The number of carbonyl (C=O) groups excluding carboxylic acids is 2. The Labute approximate surface area is 154 Å². The standard InChI is InChI=1S/C18H32N2O6/c1-3-20-18(24)26-16-10-12(5-7-14(16)22)8-11-4-6-13(21)15(9-11)25-17(23)19-2/h11-16,21-22H,3-10H2,1-2H3,(H,19,23)(H,20,24). The number of nitrogens with one attached hydrogen (secondary N) is 2. The molecule has 0 bridgehead atoms. The quantitative estimate of drug-likeness (QED) is 0.581. The van der Waals surface area contributed by atoms with Crippen molar-refractivity contribution >= 4 is 12.2 Å². The highest BCUT2D eigenvalue weighted by Crippen LogP contribution is 2.37. The van der Waals surface area contributed by atoms with Gasteiger partial charge < -0.3 is 30.3 Å². The number of hydrogen-bond acceptors (Lipinski definition) is 6. The Balaban J connectivity index is 1.85. The third-order valence-electron chi connectivity index (χ3n) is 5.44. The Morgan fingerprint density at radius 2 is 1.42 bits per heavy atom. The molecule has 0 saturated heterocycles. The van der Waals surface area contributed by atoms with Crippen molar-refractivity contribution in [2.24, 2.45) is 11.8 Å². The van der Waals surface area contributed by atoms with Gasteiger partial charge in [0.25, 0.3) is 0 Å². The fourth-order valence-corrected chi connectivity index (χ4v) is 4.06. The van der Waals surface area contributed by atoms with Crippen molar-refractivity contribution in [2.75, 3.05) is 13.6 Å². The molecule has 2 aliphatic carbocycles. The summed E-state index contributed by atoms with van der Waals surface area (Å²) in [5.41, 5.74) is 0. The number of aliphatic hydroxyl groups excluding tert-OH is 2. The van der Waals surface area contributed by atoms with Crippen LogP contribution in [0.3, 0.4) is 0 Å². The molecule has 2 fully saturated rings. The fraction of sp³-hybridized carbons (Fsp3) is 0.889. The molecule has 2 saturated carbocycles. The predicted molar refractivity (Wildman–Crippen MR) is 94.6 cm³/mol. The van der Waals surface area contributed by atoms with Gasteiger partial charge in [0.1, 0.15) is 12.2 Å². The lowest BCUT2D eigenvalue weighted by Gasteiger charge is -2.37. The zero-order chi connectivity index (χ0) is 19.1. The van der Waals surface area contributed by atoms with Crippen LogP contribution < -0.4 is 10.6 Å². The fourth-order valence-electron chi connectivity index (χ4n) is 4.06. The van der Waals surface area contributed by atoms with Crippen molar-refractivity contribution in [1.82, 2.24) is 10.6 Å². The maximum absolute atomic E-state index is 11.6. The molecule has 0 aromatic rings. The first-order valence-electron chi connectivity index (χ1n) is 9.61. The van der Waals surface area contributed by atoms with Crippen molar-refractivity contribution in [3.05, 3.63) is 0 Å². The van der Waals surface area contributed by atoms with E-state index in [2.05, 4.69) is 10.6 Å². The first kappa shape index (κ1) is 20.8. The Kier molecular flexibility index (Phi) is 7.96. The van der Waals surface area contributed by atoms with Crippen molar-refractivity contribution < 1.29 is 29.3 Å². The molecule has 8 nitrogen and oxygen atoms in total. The molecule has 8 heteroatoms. The van der Waals surface area contributed by atoms with E-state index >= 15 is 0 Å². The van der Waals surface area contributed by atoms with Gasteiger partial charge in [-0.15, -0.1) is 0 Å². The maximum Gasteiger partial charge on any atom is 0.407 e. The monoisotopic (exact) mass is 372 g/mol. The van der Waals surface area contributed by atoms with Crippen molar-refractivity contribution in [3.63, 3.8) is 0 Å². The summed E-state index contributed by atoms with van der Waals surface area (Å²) in [5, 5.41) is 25.2. The molecule has 6 unspecified atom stereocenters. The maximum atomic E-state index is 11.6. The van der Waals surface area contributed by atoms with E-state index in [0.717, 1.165) is 19.3 Å². The van der Waals surface area contributed by atoms with Crippen LogP contribution in [-0.4, -0.2) is 60.4 Å². The van der Waals surface area contributed by atoms with Gasteiger partial charge in [0.05, 0.1) is 12.2 Å². The first-order chi connectivity index (χ1) is 12.4. The van der Waals surface area contributed by atoms with Gasteiger partial charge in [-0.25, -0.2) is 9.59 Å². The van der Waals surface area contributed by atoms with Crippen LogP contribution in [-0.2, 0) is 9.47 Å². The molecule has 26 heavy (non-hydrogen) atoms. The number of ether oxygens (including phenoxy) is 2. The third kappa shape index (κ3) is 6.02. The summed E-state index contributed by atoms with van der Waals surface area (Å²) in [7, 11) is 1.50. The molecular formula is C18H32N2O6. The second kappa shape index (κ2) is 9.97. The summed E-state index contributed by atoms with van der Waals surface area (Å²) in [6.07, 6.45) is 1.97. The molecule has 2 aliphatic rings. The zero-order valence-corrected chi connectivity index (χ0v) is 15.6. The normalized spacial score (nSPS) is 34.6. The molecule has 0 aromatic carbocycles. The summed E-state index contributed by atoms with van der Waals surface area (Å²) < 4.78 is 10.6. The largest absolute Gasteiger partial charge is 0.443 e. The van der Waals surface area contributed by atoms with E-state index in [1.54, 1.807) is 0 Å². The summed E-state index contributed by atoms with van der Waals surface area (Å²) in [5.74, 6) is 0.692. The molecule has 0 spiro atoms. The van der Waals surface area contributed by atoms with Crippen molar-refractivity contribution in [3.8, 4) is 0 Å².